The van der Waals surface area contributed by atoms with Gasteiger partial charge in [-0.15, -0.1) is 10.2 Å². The Morgan fingerprint density at radius 1 is 1.45 bits per heavy atom. The Kier molecular flexibility index (Phi) is 3.60. The van der Waals surface area contributed by atoms with Crippen LogP contribution in [-0.4, -0.2) is 32.2 Å². The number of nitrogens with zero attached hydrogens (tertiary/aromatic N) is 3. The Balaban J connectivity index is 1.81. The molecule has 0 spiro atoms. The lowest BCUT2D eigenvalue weighted by molar-refractivity contribution is 0.0368. The van der Waals surface area contributed by atoms with Crippen LogP contribution in [-0.2, 0) is 11.3 Å². The Labute approximate surface area is 122 Å². The van der Waals surface area contributed by atoms with Crippen LogP contribution >= 0.6 is 11.8 Å². The number of hydrogen-bond donors (Lipinski definition) is 0. The zero-order valence-corrected chi connectivity index (χ0v) is 12.8. The molecular weight excluding hydrogens is 274 g/mol. The summed E-state index contributed by atoms with van der Waals surface area (Å²) < 4.78 is 13.3. The van der Waals surface area contributed by atoms with Crippen molar-refractivity contribution in [2.24, 2.45) is 0 Å². The maximum absolute atomic E-state index is 5.78. The molecule has 3 heterocycles. The van der Waals surface area contributed by atoms with Gasteiger partial charge in [-0.25, -0.2) is 0 Å². The van der Waals surface area contributed by atoms with Crippen molar-refractivity contribution in [3.8, 4) is 11.6 Å². The first-order valence-corrected chi connectivity index (χ1v) is 7.75. The van der Waals surface area contributed by atoms with E-state index in [2.05, 4.69) is 35.5 Å². The van der Waals surface area contributed by atoms with Crippen LogP contribution in [0.15, 0.2) is 28.0 Å². The molecule has 0 amide bonds. The molecule has 1 aliphatic heterocycles. The molecule has 2 aromatic rings. The molecule has 1 unspecified atom stereocenters. The van der Waals surface area contributed by atoms with E-state index in [0.717, 1.165) is 36.3 Å². The fourth-order valence-electron chi connectivity index (χ4n) is 2.46. The standard InChI is InChI=1S/C14H19N3O2S/c1-4-17-12(11-6-5-7-18-11)15-16-13(17)20-10-8-14(2,3)19-9-10/h5-7,10H,4,8-9H2,1-3H3. The van der Waals surface area contributed by atoms with E-state index in [1.165, 1.54) is 0 Å². The van der Waals surface area contributed by atoms with Crippen molar-refractivity contribution in [1.29, 1.82) is 0 Å². The second-order valence-corrected chi connectivity index (χ2v) is 6.81. The van der Waals surface area contributed by atoms with E-state index in [1.807, 2.05) is 12.1 Å². The minimum absolute atomic E-state index is 0.0292. The molecule has 0 aliphatic carbocycles. The lowest BCUT2D eigenvalue weighted by atomic mass is 10.1. The summed E-state index contributed by atoms with van der Waals surface area (Å²) in [6.45, 7) is 7.94. The third-order valence-electron chi connectivity index (χ3n) is 3.43. The summed E-state index contributed by atoms with van der Waals surface area (Å²) in [5.41, 5.74) is -0.0292. The molecule has 0 bridgehead atoms. The minimum Gasteiger partial charge on any atom is -0.461 e. The van der Waals surface area contributed by atoms with Crippen LogP contribution in [0.2, 0.25) is 0 Å². The van der Waals surface area contributed by atoms with Gasteiger partial charge in [-0.05, 0) is 39.3 Å². The number of furan rings is 1. The average molecular weight is 293 g/mol. The van der Waals surface area contributed by atoms with Crippen LogP contribution in [0.25, 0.3) is 11.6 Å². The molecule has 1 fully saturated rings. The molecule has 108 valence electrons. The van der Waals surface area contributed by atoms with E-state index in [0.29, 0.717) is 5.25 Å². The van der Waals surface area contributed by atoms with Crippen molar-refractivity contribution >= 4 is 11.8 Å². The van der Waals surface area contributed by atoms with Crippen LogP contribution in [0, 0.1) is 0 Å². The van der Waals surface area contributed by atoms with Crippen molar-refractivity contribution in [3.63, 3.8) is 0 Å². The normalized spacial score (nSPS) is 21.4. The number of hydrogen-bond acceptors (Lipinski definition) is 5. The van der Waals surface area contributed by atoms with Crippen LogP contribution in [0.3, 0.4) is 0 Å². The molecule has 0 saturated carbocycles. The largest absolute Gasteiger partial charge is 0.461 e. The molecule has 0 N–H and O–H groups in total. The highest BCUT2D eigenvalue weighted by atomic mass is 32.2. The fourth-order valence-corrected chi connectivity index (χ4v) is 3.81. The van der Waals surface area contributed by atoms with Gasteiger partial charge in [-0.1, -0.05) is 11.8 Å². The highest BCUT2D eigenvalue weighted by Gasteiger charge is 2.33. The first-order valence-electron chi connectivity index (χ1n) is 6.87. The molecule has 20 heavy (non-hydrogen) atoms. The predicted molar refractivity (Wildman–Crippen MR) is 77.7 cm³/mol. The molecule has 1 atom stereocenters. The van der Waals surface area contributed by atoms with E-state index in [9.17, 15) is 0 Å². The molecule has 6 heteroatoms. The van der Waals surface area contributed by atoms with E-state index in [1.54, 1.807) is 18.0 Å². The zero-order chi connectivity index (χ0) is 14.2. The van der Waals surface area contributed by atoms with Gasteiger partial charge in [0.25, 0.3) is 0 Å². The average Bonchev–Trinajstić information content (AvgIpc) is 3.09. The van der Waals surface area contributed by atoms with Gasteiger partial charge in [0.1, 0.15) is 0 Å². The third kappa shape index (κ3) is 2.62. The van der Waals surface area contributed by atoms with Gasteiger partial charge in [0, 0.05) is 11.8 Å². The minimum atomic E-state index is -0.0292. The fraction of sp³-hybridized carbons (Fsp3) is 0.571. The van der Waals surface area contributed by atoms with Crippen LogP contribution in [0.1, 0.15) is 27.2 Å². The van der Waals surface area contributed by atoms with Crippen LogP contribution < -0.4 is 0 Å². The molecule has 2 aromatic heterocycles. The number of ether oxygens (including phenoxy) is 1. The first-order chi connectivity index (χ1) is 9.59. The smallest absolute Gasteiger partial charge is 0.200 e. The van der Waals surface area contributed by atoms with E-state index in [-0.39, 0.29) is 5.60 Å². The van der Waals surface area contributed by atoms with Crippen molar-refractivity contribution in [2.45, 2.75) is 49.7 Å². The SMILES string of the molecule is CCn1c(SC2COC(C)(C)C2)nnc1-c1ccco1. The zero-order valence-electron chi connectivity index (χ0n) is 12.0. The molecule has 0 aromatic carbocycles. The summed E-state index contributed by atoms with van der Waals surface area (Å²) in [6.07, 6.45) is 2.69. The first kappa shape index (κ1) is 13.7. The Hall–Kier alpha value is -1.27. The quantitative estimate of drug-likeness (QED) is 0.866. The van der Waals surface area contributed by atoms with Gasteiger partial charge in [-0.3, -0.25) is 4.57 Å². The molecule has 1 aliphatic rings. The maximum Gasteiger partial charge on any atom is 0.200 e. The summed E-state index contributed by atoms with van der Waals surface area (Å²) in [6, 6.07) is 3.77. The third-order valence-corrected chi connectivity index (χ3v) is 4.57. The second-order valence-electron chi connectivity index (χ2n) is 5.54. The number of rotatable bonds is 4. The van der Waals surface area contributed by atoms with Gasteiger partial charge >= 0.3 is 0 Å². The van der Waals surface area contributed by atoms with Crippen LogP contribution in [0.4, 0.5) is 0 Å². The summed E-state index contributed by atoms with van der Waals surface area (Å²) in [5, 5.41) is 9.95. The van der Waals surface area contributed by atoms with Crippen molar-refractivity contribution in [1.82, 2.24) is 14.8 Å². The maximum atomic E-state index is 5.78. The van der Waals surface area contributed by atoms with E-state index in [4.69, 9.17) is 9.15 Å². The van der Waals surface area contributed by atoms with Gasteiger partial charge in [0.2, 0.25) is 0 Å². The van der Waals surface area contributed by atoms with Gasteiger partial charge in [-0.2, -0.15) is 0 Å². The van der Waals surface area contributed by atoms with Gasteiger partial charge < -0.3 is 9.15 Å². The summed E-state index contributed by atoms with van der Waals surface area (Å²) in [5.74, 6) is 1.55. The monoisotopic (exact) mass is 293 g/mol. The number of thioether (sulfide) groups is 1. The Bertz CT molecular complexity index is 577. The Morgan fingerprint density at radius 2 is 2.30 bits per heavy atom. The topological polar surface area (TPSA) is 53.1 Å². The lowest BCUT2D eigenvalue weighted by Gasteiger charge is -2.15. The lowest BCUT2D eigenvalue weighted by Crippen LogP contribution is -2.17. The molecule has 0 radical (unpaired) electrons. The molecule has 1 saturated heterocycles. The van der Waals surface area contributed by atoms with E-state index >= 15 is 0 Å². The van der Waals surface area contributed by atoms with Crippen LogP contribution in [0.5, 0.6) is 0 Å². The number of aromatic nitrogens is 3. The molecule has 3 rings (SSSR count). The van der Waals surface area contributed by atoms with Gasteiger partial charge in [0.05, 0.1) is 18.5 Å². The highest BCUT2D eigenvalue weighted by Crippen LogP contribution is 2.36. The predicted octanol–water partition coefficient (Wildman–Crippen LogP) is 3.22. The molecule has 5 nitrogen and oxygen atoms in total. The van der Waals surface area contributed by atoms with Crippen molar-refractivity contribution in [3.05, 3.63) is 18.4 Å². The highest BCUT2D eigenvalue weighted by molar-refractivity contribution is 7.99. The van der Waals surface area contributed by atoms with Crippen molar-refractivity contribution < 1.29 is 9.15 Å². The van der Waals surface area contributed by atoms with Crippen molar-refractivity contribution in [2.75, 3.05) is 6.61 Å². The second kappa shape index (κ2) is 5.26. The summed E-state index contributed by atoms with van der Waals surface area (Å²) >= 11 is 1.75. The summed E-state index contributed by atoms with van der Waals surface area (Å²) in [7, 11) is 0. The molecular formula is C14H19N3O2S. The summed E-state index contributed by atoms with van der Waals surface area (Å²) in [4.78, 5) is 0. The van der Waals surface area contributed by atoms with E-state index < -0.39 is 0 Å². The Morgan fingerprint density at radius 3 is 2.90 bits per heavy atom. The van der Waals surface area contributed by atoms with Gasteiger partial charge in [0.15, 0.2) is 16.7 Å².